The molecule has 2 amide bonds. The predicted octanol–water partition coefficient (Wildman–Crippen LogP) is -0.406. The Morgan fingerprint density at radius 2 is 2.13 bits per heavy atom. The molecule has 23 heavy (non-hydrogen) atoms. The quantitative estimate of drug-likeness (QED) is 0.800. The molecule has 2 N–H and O–H groups in total. The lowest BCUT2D eigenvalue weighted by Crippen LogP contribution is -2.41. The van der Waals surface area contributed by atoms with Crippen LogP contribution in [0, 0.1) is 0 Å². The van der Waals surface area contributed by atoms with E-state index >= 15 is 0 Å². The van der Waals surface area contributed by atoms with Crippen LogP contribution >= 0.6 is 0 Å². The maximum Gasteiger partial charge on any atom is 0.354 e. The number of carbonyl (C=O) groups is 2. The number of nitrogens with one attached hydrogen (secondary N) is 1. The second-order valence-electron chi connectivity index (χ2n) is 5.18. The highest BCUT2D eigenvalue weighted by atomic mass is 16.7. The Labute approximate surface area is 129 Å². The number of benzene rings is 1. The first-order valence-corrected chi connectivity index (χ1v) is 6.95. The molecule has 0 spiro atoms. The molecule has 4 rings (SSSR count). The van der Waals surface area contributed by atoms with E-state index in [9.17, 15) is 14.7 Å². The second-order valence-corrected chi connectivity index (χ2v) is 5.18. The Bertz CT molecular complexity index is 918. The Morgan fingerprint density at radius 3 is 2.87 bits per heavy atom. The molecule has 2 aromatic rings. The normalized spacial score (nSPS) is 16.1. The SMILES string of the molecule is O=C(O)C1=c2[nH]ncc2=C2CN1C(=O)N2OCc1ccccc1. The number of urea groups is 1. The van der Waals surface area contributed by atoms with Crippen molar-refractivity contribution in [3.8, 4) is 0 Å². The van der Waals surface area contributed by atoms with Gasteiger partial charge >= 0.3 is 12.0 Å². The Kier molecular flexibility index (Phi) is 2.91. The van der Waals surface area contributed by atoms with Crippen molar-refractivity contribution in [2.75, 3.05) is 6.54 Å². The van der Waals surface area contributed by atoms with Crippen LogP contribution in [0.4, 0.5) is 4.79 Å². The van der Waals surface area contributed by atoms with Crippen molar-refractivity contribution >= 4 is 23.4 Å². The van der Waals surface area contributed by atoms with E-state index in [1.54, 1.807) is 0 Å². The summed E-state index contributed by atoms with van der Waals surface area (Å²) in [6.07, 6.45) is 1.50. The fourth-order valence-electron chi connectivity index (χ4n) is 2.77. The van der Waals surface area contributed by atoms with Gasteiger partial charge in [0.1, 0.15) is 6.61 Å². The molecule has 8 heteroatoms. The number of carbonyl (C=O) groups excluding carboxylic acids is 1. The Hall–Kier alpha value is -3.13. The summed E-state index contributed by atoms with van der Waals surface area (Å²) < 4.78 is 0. The van der Waals surface area contributed by atoms with Crippen LogP contribution in [0.15, 0.2) is 36.5 Å². The lowest BCUT2D eigenvalue weighted by atomic mass is 10.2. The van der Waals surface area contributed by atoms with Gasteiger partial charge in [-0.3, -0.25) is 14.8 Å². The van der Waals surface area contributed by atoms with Gasteiger partial charge in [-0.25, -0.2) is 9.59 Å². The smallest absolute Gasteiger partial charge is 0.354 e. The highest BCUT2D eigenvalue weighted by molar-refractivity contribution is 6.13. The van der Waals surface area contributed by atoms with Gasteiger partial charge in [-0.2, -0.15) is 10.2 Å². The maximum atomic E-state index is 12.5. The van der Waals surface area contributed by atoms with E-state index in [1.165, 1.54) is 11.1 Å². The van der Waals surface area contributed by atoms with Gasteiger partial charge in [0.25, 0.3) is 0 Å². The van der Waals surface area contributed by atoms with Crippen LogP contribution in [0.5, 0.6) is 0 Å². The molecule has 1 fully saturated rings. The first-order valence-electron chi connectivity index (χ1n) is 6.95. The molecule has 0 unspecified atom stereocenters. The van der Waals surface area contributed by atoms with Gasteiger partial charge in [-0.05, 0) is 5.56 Å². The van der Waals surface area contributed by atoms with E-state index in [2.05, 4.69) is 10.2 Å². The number of hydrogen-bond acceptors (Lipinski definition) is 4. The summed E-state index contributed by atoms with van der Waals surface area (Å²) in [4.78, 5) is 30.8. The first-order chi connectivity index (χ1) is 11.2. The summed E-state index contributed by atoms with van der Waals surface area (Å²) in [5, 5.41) is 17.9. The fraction of sp³-hybridized carbons (Fsp3) is 0.133. The minimum absolute atomic E-state index is 0.114. The summed E-state index contributed by atoms with van der Waals surface area (Å²) in [5.74, 6) is -1.19. The van der Waals surface area contributed by atoms with Gasteiger partial charge in [0, 0.05) is 5.22 Å². The van der Waals surface area contributed by atoms with Crippen molar-refractivity contribution in [1.82, 2.24) is 20.2 Å². The lowest BCUT2D eigenvalue weighted by molar-refractivity contribution is -0.131. The number of hydrogen-bond donors (Lipinski definition) is 2. The third-order valence-electron chi connectivity index (χ3n) is 3.82. The third-order valence-corrected chi connectivity index (χ3v) is 3.82. The molecular weight excluding hydrogens is 300 g/mol. The van der Waals surface area contributed by atoms with Crippen LogP contribution in [0.3, 0.4) is 0 Å². The van der Waals surface area contributed by atoms with Crippen LogP contribution in [0.25, 0.3) is 11.4 Å². The average molecular weight is 312 g/mol. The maximum absolute atomic E-state index is 12.5. The van der Waals surface area contributed by atoms with Gasteiger partial charge in [0.2, 0.25) is 0 Å². The average Bonchev–Trinajstić information content (AvgIpc) is 3.13. The van der Waals surface area contributed by atoms with Crippen LogP contribution < -0.4 is 10.6 Å². The molecule has 0 saturated carbocycles. The number of carboxylic acids is 1. The largest absolute Gasteiger partial charge is 0.477 e. The van der Waals surface area contributed by atoms with Crippen molar-refractivity contribution < 1.29 is 19.5 Å². The minimum atomic E-state index is -1.19. The van der Waals surface area contributed by atoms with E-state index in [0.717, 1.165) is 10.6 Å². The molecule has 1 aromatic heterocycles. The van der Waals surface area contributed by atoms with Gasteiger partial charge in [0.05, 0.1) is 23.8 Å². The second kappa shape index (κ2) is 4.96. The molecule has 0 atom stereocenters. The number of hydroxylamine groups is 2. The summed E-state index contributed by atoms with van der Waals surface area (Å²) in [6.45, 7) is 0.362. The summed E-state index contributed by atoms with van der Waals surface area (Å²) in [7, 11) is 0. The molecule has 2 bridgehead atoms. The van der Waals surface area contributed by atoms with Crippen molar-refractivity contribution in [2.45, 2.75) is 6.61 Å². The van der Waals surface area contributed by atoms with Gasteiger partial charge in [-0.1, -0.05) is 30.3 Å². The fourth-order valence-corrected chi connectivity index (χ4v) is 2.77. The van der Waals surface area contributed by atoms with Crippen molar-refractivity contribution in [3.63, 3.8) is 0 Å². The number of H-pyrrole nitrogens is 1. The zero-order valence-electron chi connectivity index (χ0n) is 11.9. The predicted molar refractivity (Wildman–Crippen MR) is 77.5 cm³/mol. The summed E-state index contributed by atoms with van der Waals surface area (Å²) >= 11 is 0. The summed E-state index contributed by atoms with van der Waals surface area (Å²) in [6, 6.07) is 8.90. The lowest BCUT2D eigenvalue weighted by Gasteiger charge is -2.16. The standard InChI is InChI=1S/C15H12N4O4/c20-14(21)13-12-10(6-16-17-12)11-7-18(13)15(22)19(11)23-8-9-4-2-1-3-5-9/h1-6,17H,7-8H2,(H,20,21). The zero-order chi connectivity index (χ0) is 16.0. The van der Waals surface area contributed by atoms with Gasteiger partial charge in [-0.15, -0.1) is 0 Å². The van der Waals surface area contributed by atoms with E-state index in [-0.39, 0.29) is 18.8 Å². The molecule has 2 aliphatic heterocycles. The molecule has 0 radical (unpaired) electrons. The Morgan fingerprint density at radius 1 is 1.35 bits per heavy atom. The molecule has 8 nitrogen and oxygen atoms in total. The number of aromatic nitrogens is 2. The monoisotopic (exact) mass is 312 g/mol. The molecule has 1 saturated heterocycles. The van der Waals surface area contributed by atoms with Crippen molar-refractivity contribution in [3.05, 3.63) is 52.7 Å². The van der Waals surface area contributed by atoms with Crippen LogP contribution in [-0.2, 0) is 16.2 Å². The number of carboxylic acid groups (broad SMARTS) is 1. The zero-order valence-corrected chi connectivity index (χ0v) is 11.9. The number of fused-ring (bicyclic) bond motifs is 3. The third kappa shape index (κ3) is 2.00. The molecule has 3 heterocycles. The van der Waals surface area contributed by atoms with E-state index in [1.807, 2.05) is 30.3 Å². The number of amides is 2. The minimum Gasteiger partial charge on any atom is -0.477 e. The number of aromatic amines is 1. The topological polar surface area (TPSA) is 98.8 Å². The molecular formula is C15H12N4O4. The number of aliphatic carboxylic acids is 1. The van der Waals surface area contributed by atoms with Crippen LogP contribution in [-0.4, -0.2) is 43.8 Å². The van der Waals surface area contributed by atoms with E-state index in [4.69, 9.17) is 4.84 Å². The highest BCUT2D eigenvalue weighted by Gasteiger charge is 2.42. The number of rotatable bonds is 4. The molecule has 116 valence electrons. The van der Waals surface area contributed by atoms with Gasteiger partial charge in [0.15, 0.2) is 5.70 Å². The molecule has 0 aliphatic carbocycles. The Balaban J connectivity index is 1.73. The van der Waals surface area contributed by atoms with Crippen LogP contribution in [0.2, 0.25) is 0 Å². The molecule has 1 aromatic carbocycles. The molecule has 2 aliphatic rings. The highest BCUT2D eigenvalue weighted by Crippen LogP contribution is 2.26. The first kappa shape index (κ1) is 13.5. The summed E-state index contributed by atoms with van der Waals surface area (Å²) in [5.41, 5.74) is 1.38. The van der Waals surface area contributed by atoms with E-state index in [0.29, 0.717) is 16.3 Å². The van der Waals surface area contributed by atoms with Crippen molar-refractivity contribution in [2.24, 2.45) is 0 Å². The van der Waals surface area contributed by atoms with E-state index < -0.39 is 12.0 Å². The van der Waals surface area contributed by atoms with Crippen LogP contribution in [0.1, 0.15) is 5.56 Å². The number of nitrogens with zero attached hydrogens (tertiary/aromatic N) is 3. The van der Waals surface area contributed by atoms with Crippen molar-refractivity contribution in [1.29, 1.82) is 0 Å². The van der Waals surface area contributed by atoms with Gasteiger partial charge < -0.3 is 5.11 Å².